The zero-order chi connectivity index (χ0) is 12.3. The molecule has 0 unspecified atom stereocenters. The van der Waals surface area contributed by atoms with Crippen LogP contribution < -0.4 is 10.5 Å². The Morgan fingerprint density at radius 2 is 1.82 bits per heavy atom. The molecule has 2 aromatic rings. The first-order valence-electron chi connectivity index (χ1n) is 4.72. The van der Waals surface area contributed by atoms with Gasteiger partial charge < -0.3 is 5.73 Å². The number of pyridine rings is 2. The van der Waals surface area contributed by atoms with Crippen LogP contribution >= 0.6 is 0 Å². The van der Waals surface area contributed by atoms with Crippen LogP contribution in [0.15, 0.2) is 47.8 Å². The van der Waals surface area contributed by atoms with Gasteiger partial charge in [0.15, 0.2) is 0 Å². The molecule has 0 aliphatic rings. The quantitative estimate of drug-likeness (QED) is 0.841. The summed E-state index contributed by atoms with van der Waals surface area (Å²) in [5, 5.41) is 0. The third kappa shape index (κ3) is 2.70. The minimum Gasteiger partial charge on any atom is -0.384 e. The molecule has 0 aromatic carbocycles. The molecule has 2 aromatic heterocycles. The van der Waals surface area contributed by atoms with E-state index in [-0.39, 0.29) is 10.7 Å². The fourth-order valence-corrected chi connectivity index (χ4v) is 2.31. The molecule has 88 valence electrons. The Balaban J connectivity index is 2.32. The maximum Gasteiger partial charge on any atom is 0.262 e. The number of anilines is 2. The molecule has 0 aliphatic heterocycles. The van der Waals surface area contributed by atoms with Crippen molar-refractivity contribution in [3.63, 3.8) is 0 Å². The van der Waals surface area contributed by atoms with Crippen LogP contribution in [0, 0.1) is 0 Å². The molecule has 6 nitrogen and oxygen atoms in total. The highest BCUT2D eigenvalue weighted by atomic mass is 32.2. The topological polar surface area (TPSA) is 98.0 Å². The molecule has 7 heteroatoms. The SMILES string of the molecule is Nc1cc(S(=O)(=O)Nc2ccncc2)ccn1. The molecule has 0 saturated carbocycles. The van der Waals surface area contributed by atoms with Crippen LogP contribution in [0.4, 0.5) is 11.5 Å². The summed E-state index contributed by atoms with van der Waals surface area (Å²) in [5.74, 6) is 0.155. The molecule has 2 rings (SSSR count). The van der Waals surface area contributed by atoms with Gasteiger partial charge in [0.05, 0.1) is 10.6 Å². The van der Waals surface area contributed by atoms with Gasteiger partial charge in [-0.1, -0.05) is 0 Å². The van der Waals surface area contributed by atoms with Crippen molar-refractivity contribution >= 4 is 21.5 Å². The number of nitrogens with one attached hydrogen (secondary N) is 1. The number of sulfonamides is 1. The van der Waals surface area contributed by atoms with Gasteiger partial charge in [-0.05, 0) is 18.2 Å². The first-order valence-corrected chi connectivity index (χ1v) is 6.20. The second-order valence-corrected chi connectivity index (χ2v) is 4.94. The Morgan fingerprint density at radius 1 is 1.12 bits per heavy atom. The van der Waals surface area contributed by atoms with E-state index < -0.39 is 10.0 Å². The second kappa shape index (κ2) is 4.38. The fraction of sp³-hybridized carbons (Fsp3) is 0. The van der Waals surface area contributed by atoms with E-state index in [1.54, 1.807) is 12.1 Å². The van der Waals surface area contributed by atoms with E-state index in [0.717, 1.165) is 0 Å². The zero-order valence-electron chi connectivity index (χ0n) is 8.74. The van der Waals surface area contributed by atoms with Gasteiger partial charge in [0, 0.05) is 24.7 Å². The monoisotopic (exact) mass is 250 g/mol. The molecule has 17 heavy (non-hydrogen) atoms. The fourth-order valence-electron chi connectivity index (χ4n) is 1.23. The third-order valence-corrected chi connectivity index (χ3v) is 3.37. The highest BCUT2D eigenvalue weighted by Crippen LogP contribution is 2.15. The van der Waals surface area contributed by atoms with E-state index in [1.165, 1.54) is 30.7 Å². The van der Waals surface area contributed by atoms with Crippen LogP contribution in [-0.4, -0.2) is 18.4 Å². The van der Waals surface area contributed by atoms with E-state index >= 15 is 0 Å². The zero-order valence-corrected chi connectivity index (χ0v) is 9.55. The largest absolute Gasteiger partial charge is 0.384 e. The molecular weight excluding hydrogens is 240 g/mol. The van der Waals surface area contributed by atoms with Gasteiger partial charge in [-0.25, -0.2) is 13.4 Å². The Morgan fingerprint density at radius 3 is 2.47 bits per heavy atom. The summed E-state index contributed by atoms with van der Waals surface area (Å²) in [6.45, 7) is 0. The second-order valence-electron chi connectivity index (χ2n) is 3.26. The van der Waals surface area contributed by atoms with Gasteiger partial charge >= 0.3 is 0 Å². The average Bonchev–Trinajstić information content (AvgIpc) is 2.30. The molecule has 0 spiro atoms. The van der Waals surface area contributed by atoms with Gasteiger partial charge in [-0.3, -0.25) is 9.71 Å². The van der Waals surface area contributed by atoms with Gasteiger partial charge in [0.25, 0.3) is 10.0 Å². The summed E-state index contributed by atoms with van der Waals surface area (Å²) in [6.07, 6.45) is 4.34. The lowest BCUT2D eigenvalue weighted by molar-refractivity contribution is 0.601. The standard InChI is InChI=1S/C10H10N4O2S/c11-10-7-9(3-6-13-10)17(15,16)14-8-1-4-12-5-2-8/h1-7H,(H2,11,13)(H,12,14). The molecule has 0 bridgehead atoms. The van der Waals surface area contributed by atoms with E-state index in [9.17, 15) is 8.42 Å². The summed E-state index contributed by atoms with van der Waals surface area (Å²) in [4.78, 5) is 7.60. The summed E-state index contributed by atoms with van der Waals surface area (Å²) in [6, 6.07) is 5.79. The van der Waals surface area contributed by atoms with Crippen LogP contribution in [0.5, 0.6) is 0 Å². The molecule has 0 atom stereocenters. The van der Waals surface area contributed by atoms with Crippen molar-refractivity contribution in [3.8, 4) is 0 Å². The van der Waals surface area contributed by atoms with E-state index in [2.05, 4.69) is 14.7 Å². The molecule has 0 amide bonds. The molecule has 3 N–H and O–H groups in total. The van der Waals surface area contributed by atoms with Gasteiger partial charge in [0.2, 0.25) is 0 Å². The van der Waals surface area contributed by atoms with E-state index in [0.29, 0.717) is 5.69 Å². The lowest BCUT2D eigenvalue weighted by Crippen LogP contribution is -2.13. The minimum absolute atomic E-state index is 0.0711. The van der Waals surface area contributed by atoms with Crippen molar-refractivity contribution in [3.05, 3.63) is 42.9 Å². The summed E-state index contributed by atoms with van der Waals surface area (Å²) < 4.78 is 26.3. The van der Waals surface area contributed by atoms with E-state index in [4.69, 9.17) is 5.73 Å². The summed E-state index contributed by atoms with van der Waals surface area (Å²) in [5.41, 5.74) is 5.88. The number of nitrogens with two attached hydrogens (primary N) is 1. The van der Waals surface area contributed by atoms with Crippen LogP contribution in [-0.2, 0) is 10.0 Å². The lowest BCUT2D eigenvalue weighted by Gasteiger charge is -2.07. The number of rotatable bonds is 3. The number of hydrogen-bond donors (Lipinski definition) is 2. The molecule has 0 saturated heterocycles. The highest BCUT2D eigenvalue weighted by Gasteiger charge is 2.14. The minimum atomic E-state index is -3.63. The first-order chi connectivity index (χ1) is 8.08. The predicted molar refractivity (Wildman–Crippen MR) is 63.7 cm³/mol. The van der Waals surface area contributed by atoms with Crippen LogP contribution in [0.1, 0.15) is 0 Å². The van der Waals surface area contributed by atoms with Crippen molar-refractivity contribution in [2.24, 2.45) is 0 Å². The van der Waals surface area contributed by atoms with Gasteiger partial charge in [-0.2, -0.15) is 0 Å². The molecule has 0 fully saturated rings. The number of aromatic nitrogens is 2. The average molecular weight is 250 g/mol. The molecule has 0 aliphatic carbocycles. The van der Waals surface area contributed by atoms with Crippen molar-refractivity contribution in [2.45, 2.75) is 4.90 Å². The molecular formula is C10H10N4O2S. The lowest BCUT2D eigenvalue weighted by atomic mass is 10.4. The number of nitrogen functional groups attached to an aromatic ring is 1. The predicted octanol–water partition coefficient (Wildman–Crippen LogP) is 0.860. The maximum atomic E-state index is 11.9. The van der Waals surface area contributed by atoms with Crippen molar-refractivity contribution in [1.82, 2.24) is 9.97 Å². The van der Waals surface area contributed by atoms with E-state index in [1.807, 2.05) is 0 Å². The van der Waals surface area contributed by atoms with Crippen molar-refractivity contribution < 1.29 is 8.42 Å². The smallest absolute Gasteiger partial charge is 0.262 e. The normalized spacial score (nSPS) is 11.1. The Labute approximate surface area is 98.6 Å². The molecule has 2 heterocycles. The summed E-state index contributed by atoms with van der Waals surface area (Å²) >= 11 is 0. The highest BCUT2D eigenvalue weighted by molar-refractivity contribution is 7.92. The van der Waals surface area contributed by atoms with Crippen LogP contribution in [0.2, 0.25) is 0 Å². The third-order valence-electron chi connectivity index (χ3n) is 2.00. The van der Waals surface area contributed by atoms with Crippen LogP contribution in [0.3, 0.4) is 0 Å². The van der Waals surface area contributed by atoms with Crippen molar-refractivity contribution in [2.75, 3.05) is 10.5 Å². The Kier molecular flexibility index (Phi) is 2.92. The maximum absolute atomic E-state index is 11.9. The Bertz CT molecular complexity index is 613. The van der Waals surface area contributed by atoms with Gasteiger partial charge in [0.1, 0.15) is 5.82 Å². The van der Waals surface area contributed by atoms with Crippen LogP contribution in [0.25, 0.3) is 0 Å². The summed E-state index contributed by atoms with van der Waals surface area (Å²) in [7, 11) is -3.63. The molecule has 0 radical (unpaired) electrons. The number of hydrogen-bond acceptors (Lipinski definition) is 5. The first kappa shape index (κ1) is 11.3. The van der Waals surface area contributed by atoms with Crippen molar-refractivity contribution in [1.29, 1.82) is 0 Å². The number of nitrogens with zero attached hydrogens (tertiary/aromatic N) is 2. The van der Waals surface area contributed by atoms with Gasteiger partial charge in [-0.15, -0.1) is 0 Å². The Hall–Kier alpha value is -2.15.